The number of thiazole rings is 1. The maximum absolute atomic E-state index is 13.0. The number of hydrogen-bond donors (Lipinski definition) is 0. The van der Waals surface area contributed by atoms with Crippen LogP contribution in [0.15, 0.2) is 53.9 Å². The van der Waals surface area contributed by atoms with Crippen LogP contribution in [0.4, 0.5) is 0 Å². The summed E-state index contributed by atoms with van der Waals surface area (Å²) in [6.45, 7) is 0.249. The molecule has 3 rings (SSSR count). The van der Waals surface area contributed by atoms with E-state index in [4.69, 9.17) is 32.7 Å². The van der Waals surface area contributed by atoms with Gasteiger partial charge in [-0.15, -0.1) is 11.3 Å². The number of hydrogen-bond acceptors (Lipinski definition) is 6. The number of nitrogens with zero attached hydrogens (tertiary/aromatic N) is 2. The third-order valence-electron chi connectivity index (χ3n) is 4.07. The maximum Gasteiger partial charge on any atom is 0.325 e. The van der Waals surface area contributed by atoms with Gasteiger partial charge in [-0.05, 0) is 42.0 Å². The van der Waals surface area contributed by atoms with Gasteiger partial charge in [0.15, 0.2) is 0 Å². The highest BCUT2D eigenvalue weighted by Gasteiger charge is 2.22. The summed E-state index contributed by atoms with van der Waals surface area (Å²) < 4.78 is 10.4. The molecule has 0 N–H and O–H groups in total. The average molecular weight is 465 g/mol. The highest BCUT2D eigenvalue weighted by Crippen LogP contribution is 2.19. The fraction of sp³-hybridized carbons (Fsp3) is 0.190. The van der Waals surface area contributed by atoms with Gasteiger partial charge in [0.05, 0.1) is 7.11 Å². The largest absolute Gasteiger partial charge is 0.486 e. The van der Waals surface area contributed by atoms with Crippen LogP contribution in [0.1, 0.15) is 21.1 Å². The molecule has 30 heavy (non-hydrogen) atoms. The second-order valence-corrected chi connectivity index (χ2v) is 8.05. The van der Waals surface area contributed by atoms with Gasteiger partial charge in [-0.1, -0.05) is 35.3 Å². The van der Waals surface area contributed by atoms with Gasteiger partial charge in [0, 0.05) is 22.0 Å². The molecule has 9 heteroatoms. The first-order valence-electron chi connectivity index (χ1n) is 8.88. The molecule has 1 amide bonds. The molecule has 0 bridgehead atoms. The van der Waals surface area contributed by atoms with Crippen LogP contribution in [0.3, 0.4) is 0 Å². The molecule has 0 saturated heterocycles. The van der Waals surface area contributed by atoms with Gasteiger partial charge in [0.25, 0.3) is 5.91 Å². The molecule has 0 spiro atoms. The maximum atomic E-state index is 13.0. The number of methoxy groups -OCH3 is 1. The Morgan fingerprint density at radius 1 is 1.03 bits per heavy atom. The lowest BCUT2D eigenvalue weighted by atomic mass is 10.2. The third kappa shape index (κ3) is 6.19. The van der Waals surface area contributed by atoms with Gasteiger partial charge >= 0.3 is 5.97 Å². The van der Waals surface area contributed by atoms with Crippen LogP contribution in [-0.4, -0.2) is 35.4 Å². The molecule has 0 radical (unpaired) electrons. The Balaban J connectivity index is 1.69. The molecule has 6 nitrogen and oxygen atoms in total. The molecule has 0 atom stereocenters. The average Bonchev–Trinajstić information content (AvgIpc) is 3.23. The minimum atomic E-state index is -0.515. The van der Waals surface area contributed by atoms with E-state index in [9.17, 15) is 9.59 Å². The predicted octanol–water partition coefficient (Wildman–Crippen LogP) is 4.84. The van der Waals surface area contributed by atoms with Crippen LogP contribution in [0, 0.1) is 0 Å². The summed E-state index contributed by atoms with van der Waals surface area (Å²) >= 11 is 13.1. The van der Waals surface area contributed by atoms with Gasteiger partial charge in [-0.2, -0.15) is 0 Å². The summed E-state index contributed by atoms with van der Waals surface area (Å²) in [7, 11) is 1.28. The van der Waals surface area contributed by atoms with Crippen molar-refractivity contribution in [3.05, 3.63) is 80.2 Å². The Morgan fingerprint density at radius 3 is 2.30 bits per heavy atom. The lowest BCUT2D eigenvalue weighted by Crippen LogP contribution is -2.36. The highest BCUT2D eigenvalue weighted by molar-refractivity contribution is 7.09. The quantitative estimate of drug-likeness (QED) is 0.445. The number of rotatable bonds is 8. The summed E-state index contributed by atoms with van der Waals surface area (Å²) in [6.07, 6.45) is 0. The van der Waals surface area contributed by atoms with E-state index in [-0.39, 0.29) is 31.3 Å². The van der Waals surface area contributed by atoms with Gasteiger partial charge in [0.1, 0.15) is 29.6 Å². The zero-order chi connectivity index (χ0) is 21.5. The molecule has 3 aromatic rings. The van der Waals surface area contributed by atoms with Crippen molar-refractivity contribution in [2.75, 3.05) is 13.7 Å². The number of ether oxygens (including phenoxy) is 2. The van der Waals surface area contributed by atoms with E-state index in [0.29, 0.717) is 20.8 Å². The Kier molecular flexibility index (Phi) is 7.68. The van der Waals surface area contributed by atoms with Gasteiger partial charge in [-0.25, -0.2) is 4.98 Å². The zero-order valence-corrected chi connectivity index (χ0v) is 18.3. The van der Waals surface area contributed by atoms with Crippen molar-refractivity contribution < 1.29 is 19.1 Å². The number of aromatic nitrogens is 1. The summed E-state index contributed by atoms with van der Waals surface area (Å²) in [5, 5.41) is 3.50. The van der Waals surface area contributed by atoms with E-state index in [2.05, 4.69) is 4.98 Å². The zero-order valence-electron chi connectivity index (χ0n) is 16.0. The Labute approximate surface area is 188 Å². The van der Waals surface area contributed by atoms with E-state index >= 15 is 0 Å². The summed E-state index contributed by atoms with van der Waals surface area (Å²) in [5.41, 5.74) is 1.07. The normalized spacial score (nSPS) is 10.5. The molecule has 0 fully saturated rings. The van der Waals surface area contributed by atoms with E-state index in [1.54, 1.807) is 53.9 Å². The number of amides is 1. The van der Waals surface area contributed by atoms with Crippen molar-refractivity contribution in [2.24, 2.45) is 0 Å². The van der Waals surface area contributed by atoms with E-state index in [1.807, 2.05) is 0 Å². The van der Waals surface area contributed by atoms with Gasteiger partial charge in [-0.3, -0.25) is 9.59 Å². The van der Waals surface area contributed by atoms with E-state index in [1.165, 1.54) is 23.3 Å². The Hall–Kier alpha value is -2.61. The fourth-order valence-corrected chi connectivity index (χ4v) is 3.47. The SMILES string of the molecule is COC(=O)CN(Cc1ccc(Cl)cc1)C(=O)c1csc(COc2ccc(Cl)cc2)n1. The smallest absolute Gasteiger partial charge is 0.325 e. The van der Waals surface area contributed by atoms with Crippen LogP contribution in [0.25, 0.3) is 0 Å². The first-order chi connectivity index (χ1) is 14.4. The number of benzene rings is 2. The van der Waals surface area contributed by atoms with E-state index in [0.717, 1.165) is 5.56 Å². The predicted molar refractivity (Wildman–Crippen MR) is 116 cm³/mol. The lowest BCUT2D eigenvalue weighted by molar-refractivity contribution is -0.141. The van der Waals surface area contributed by atoms with Crippen LogP contribution in [-0.2, 0) is 22.7 Å². The van der Waals surface area contributed by atoms with Crippen LogP contribution in [0.2, 0.25) is 10.0 Å². The molecule has 0 aliphatic heterocycles. The first kappa shape index (κ1) is 22.1. The van der Waals surface area contributed by atoms with E-state index < -0.39 is 5.97 Å². The van der Waals surface area contributed by atoms with Crippen LogP contribution < -0.4 is 4.74 Å². The number of esters is 1. The Morgan fingerprint density at radius 2 is 1.67 bits per heavy atom. The third-order valence-corrected chi connectivity index (χ3v) is 5.39. The minimum Gasteiger partial charge on any atom is -0.486 e. The molecule has 0 aliphatic carbocycles. The van der Waals surface area contributed by atoms with Gasteiger partial charge in [0.2, 0.25) is 0 Å². The molecule has 0 unspecified atom stereocenters. The first-order valence-corrected chi connectivity index (χ1v) is 10.5. The highest BCUT2D eigenvalue weighted by atomic mass is 35.5. The topological polar surface area (TPSA) is 68.7 Å². The monoisotopic (exact) mass is 464 g/mol. The molecule has 156 valence electrons. The van der Waals surface area contributed by atoms with Crippen molar-refractivity contribution >= 4 is 46.4 Å². The van der Waals surface area contributed by atoms with Crippen molar-refractivity contribution in [1.82, 2.24) is 9.88 Å². The second kappa shape index (κ2) is 10.4. The molecular weight excluding hydrogens is 447 g/mol. The Bertz CT molecular complexity index is 1010. The summed E-state index contributed by atoms with van der Waals surface area (Å²) in [6, 6.07) is 14.0. The molecule has 0 aliphatic rings. The van der Waals surface area contributed by atoms with Crippen molar-refractivity contribution in [1.29, 1.82) is 0 Å². The summed E-state index contributed by atoms with van der Waals surface area (Å²) in [4.78, 5) is 30.5. The molecular formula is C21H18Cl2N2O4S. The molecule has 1 heterocycles. The number of halogens is 2. The molecule has 0 saturated carbocycles. The van der Waals surface area contributed by atoms with Crippen molar-refractivity contribution in [2.45, 2.75) is 13.2 Å². The minimum absolute atomic E-state index is 0.188. The summed E-state index contributed by atoms with van der Waals surface area (Å²) in [5.74, 6) is -0.235. The molecule has 2 aromatic carbocycles. The second-order valence-electron chi connectivity index (χ2n) is 6.23. The lowest BCUT2D eigenvalue weighted by Gasteiger charge is -2.20. The van der Waals surface area contributed by atoms with Crippen LogP contribution in [0.5, 0.6) is 5.75 Å². The standard InChI is InChI=1S/C21H18Cl2N2O4S/c1-28-20(26)11-25(10-14-2-4-15(22)5-3-14)21(27)18-13-30-19(24-18)12-29-17-8-6-16(23)7-9-17/h2-9,13H,10-12H2,1H3. The number of carbonyl (C=O) groups is 2. The van der Waals surface area contributed by atoms with Crippen molar-refractivity contribution in [3.63, 3.8) is 0 Å². The number of carbonyl (C=O) groups excluding carboxylic acids is 2. The molecule has 1 aromatic heterocycles. The van der Waals surface area contributed by atoms with Gasteiger partial charge < -0.3 is 14.4 Å². The van der Waals surface area contributed by atoms with Crippen LogP contribution >= 0.6 is 34.5 Å². The fourth-order valence-electron chi connectivity index (χ4n) is 2.54. The van der Waals surface area contributed by atoms with Crippen molar-refractivity contribution in [3.8, 4) is 5.75 Å².